The molecule has 2 amide bonds. The minimum atomic E-state index is -1.00. The zero-order valence-electron chi connectivity index (χ0n) is 13.5. The van der Waals surface area contributed by atoms with Gasteiger partial charge in [0.15, 0.2) is 11.6 Å². The first-order valence-electron chi connectivity index (χ1n) is 7.48. The van der Waals surface area contributed by atoms with Crippen molar-refractivity contribution in [2.75, 3.05) is 20.2 Å². The van der Waals surface area contributed by atoms with E-state index in [0.717, 1.165) is 12.1 Å². The Bertz CT molecular complexity index is 575. The Morgan fingerprint density at radius 1 is 1.43 bits per heavy atom. The van der Waals surface area contributed by atoms with Crippen LogP contribution in [0.1, 0.15) is 31.9 Å². The van der Waals surface area contributed by atoms with Crippen LogP contribution in [0.25, 0.3) is 0 Å². The molecule has 0 saturated carbocycles. The molecule has 1 aromatic rings. The van der Waals surface area contributed by atoms with E-state index in [-0.39, 0.29) is 18.6 Å². The first-order valence-corrected chi connectivity index (χ1v) is 7.48. The second-order valence-electron chi connectivity index (χ2n) is 6.48. The number of rotatable bonds is 4. The van der Waals surface area contributed by atoms with Crippen molar-refractivity contribution in [3.8, 4) is 0 Å². The minimum Gasteiger partial charge on any atom is -0.389 e. The number of aliphatic hydroxyl groups is 1. The van der Waals surface area contributed by atoms with E-state index in [1.807, 2.05) is 0 Å². The summed E-state index contributed by atoms with van der Waals surface area (Å²) >= 11 is 0. The summed E-state index contributed by atoms with van der Waals surface area (Å²) in [5, 5.41) is 12.6. The summed E-state index contributed by atoms with van der Waals surface area (Å²) in [6, 6.07) is 2.90. The van der Waals surface area contributed by atoms with Gasteiger partial charge in [-0.15, -0.1) is 0 Å². The van der Waals surface area contributed by atoms with Gasteiger partial charge in [-0.25, -0.2) is 13.6 Å². The summed E-state index contributed by atoms with van der Waals surface area (Å²) in [5.74, 6) is -1.86. The van der Waals surface area contributed by atoms with Crippen LogP contribution in [0.3, 0.4) is 0 Å². The third kappa shape index (κ3) is 4.62. The van der Waals surface area contributed by atoms with Crippen LogP contribution in [0.2, 0.25) is 0 Å². The van der Waals surface area contributed by atoms with Gasteiger partial charge in [-0.05, 0) is 38.0 Å². The Balaban J connectivity index is 2.04. The molecule has 1 aliphatic heterocycles. The molecular weight excluding hydrogens is 306 g/mol. The molecule has 0 bridgehead atoms. The van der Waals surface area contributed by atoms with Crippen molar-refractivity contribution >= 4 is 6.03 Å². The monoisotopic (exact) mass is 328 g/mol. The fraction of sp³-hybridized carbons (Fsp3) is 0.562. The predicted octanol–water partition coefficient (Wildman–Crippen LogP) is 2.21. The van der Waals surface area contributed by atoms with E-state index in [9.17, 15) is 18.7 Å². The number of carbonyl (C=O) groups is 1. The molecule has 0 radical (unpaired) electrons. The van der Waals surface area contributed by atoms with Crippen LogP contribution in [-0.2, 0) is 4.74 Å². The van der Waals surface area contributed by atoms with Gasteiger partial charge in [0, 0.05) is 13.7 Å². The number of ether oxygens (including phenoxy) is 1. The fourth-order valence-corrected chi connectivity index (χ4v) is 2.68. The quantitative estimate of drug-likeness (QED) is 0.891. The van der Waals surface area contributed by atoms with Crippen LogP contribution in [0.4, 0.5) is 13.6 Å². The molecule has 7 heteroatoms. The smallest absolute Gasteiger partial charge is 0.317 e. The minimum absolute atomic E-state index is 0.169. The number of urea groups is 1. The molecule has 0 unspecified atom stereocenters. The standard InChI is InChI=1S/C16H22F2N2O3/c1-16(2,22)9-20(3)15(21)19-13-6-7-23-14(13)10-4-5-11(17)12(18)8-10/h4-5,8,13-14,22H,6-7,9H2,1-3H3,(H,19,21)/t13-,14+/m1/s1. The van der Waals surface area contributed by atoms with E-state index in [0.29, 0.717) is 18.6 Å². The van der Waals surface area contributed by atoms with Gasteiger partial charge in [0.25, 0.3) is 0 Å². The number of benzene rings is 1. The van der Waals surface area contributed by atoms with E-state index >= 15 is 0 Å². The summed E-state index contributed by atoms with van der Waals surface area (Å²) in [7, 11) is 1.58. The molecule has 1 fully saturated rings. The largest absolute Gasteiger partial charge is 0.389 e. The van der Waals surface area contributed by atoms with Crippen molar-refractivity contribution in [1.82, 2.24) is 10.2 Å². The molecule has 0 aliphatic carbocycles. The number of nitrogens with zero attached hydrogens (tertiary/aromatic N) is 1. The number of nitrogens with one attached hydrogen (secondary N) is 1. The molecule has 128 valence electrons. The normalized spacial score (nSPS) is 21.3. The molecule has 2 atom stereocenters. The highest BCUT2D eigenvalue weighted by Crippen LogP contribution is 2.30. The zero-order valence-corrected chi connectivity index (χ0v) is 13.5. The van der Waals surface area contributed by atoms with Crippen molar-refractivity contribution < 1.29 is 23.4 Å². The van der Waals surface area contributed by atoms with Gasteiger partial charge < -0.3 is 20.1 Å². The molecule has 1 heterocycles. The predicted molar refractivity (Wildman–Crippen MR) is 80.9 cm³/mol. The third-order valence-corrected chi connectivity index (χ3v) is 3.64. The van der Waals surface area contributed by atoms with E-state index in [4.69, 9.17) is 4.74 Å². The highest BCUT2D eigenvalue weighted by Gasteiger charge is 2.32. The lowest BCUT2D eigenvalue weighted by Crippen LogP contribution is -2.48. The lowest BCUT2D eigenvalue weighted by molar-refractivity contribution is 0.0516. The summed E-state index contributed by atoms with van der Waals surface area (Å²) in [6.07, 6.45) is 0.0516. The maximum atomic E-state index is 13.4. The van der Waals surface area contributed by atoms with Crippen molar-refractivity contribution in [2.45, 2.75) is 38.0 Å². The Morgan fingerprint density at radius 3 is 2.74 bits per heavy atom. The van der Waals surface area contributed by atoms with E-state index in [1.165, 1.54) is 11.0 Å². The fourth-order valence-electron chi connectivity index (χ4n) is 2.68. The Morgan fingerprint density at radius 2 is 2.13 bits per heavy atom. The van der Waals surface area contributed by atoms with Crippen LogP contribution < -0.4 is 5.32 Å². The lowest BCUT2D eigenvalue weighted by atomic mass is 10.0. The summed E-state index contributed by atoms with van der Waals surface area (Å²) < 4.78 is 32.0. The molecular formula is C16H22F2N2O3. The van der Waals surface area contributed by atoms with Gasteiger partial charge in [0.05, 0.1) is 18.2 Å². The molecule has 1 saturated heterocycles. The van der Waals surface area contributed by atoms with Crippen LogP contribution in [-0.4, -0.2) is 47.9 Å². The average molecular weight is 328 g/mol. The van der Waals surface area contributed by atoms with Crippen LogP contribution in [0, 0.1) is 11.6 Å². The van der Waals surface area contributed by atoms with E-state index in [1.54, 1.807) is 20.9 Å². The molecule has 0 aromatic heterocycles. The number of hydrogen-bond donors (Lipinski definition) is 2. The second-order valence-corrected chi connectivity index (χ2v) is 6.48. The van der Waals surface area contributed by atoms with Crippen molar-refractivity contribution in [1.29, 1.82) is 0 Å². The van der Waals surface area contributed by atoms with Crippen LogP contribution in [0.15, 0.2) is 18.2 Å². The first kappa shape index (κ1) is 17.6. The molecule has 1 aliphatic rings. The van der Waals surface area contributed by atoms with Gasteiger partial charge >= 0.3 is 6.03 Å². The van der Waals surface area contributed by atoms with Gasteiger partial charge in [0.2, 0.25) is 0 Å². The Hall–Kier alpha value is -1.73. The molecule has 5 nitrogen and oxygen atoms in total. The number of amides is 2. The van der Waals surface area contributed by atoms with Gasteiger partial charge in [-0.1, -0.05) is 6.07 Å². The topological polar surface area (TPSA) is 61.8 Å². The maximum Gasteiger partial charge on any atom is 0.317 e. The van der Waals surface area contributed by atoms with Crippen molar-refractivity contribution in [3.05, 3.63) is 35.4 Å². The highest BCUT2D eigenvalue weighted by molar-refractivity contribution is 5.74. The van der Waals surface area contributed by atoms with Crippen LogP contribution >= 0.6 is 0 Å². The van der Waals surface area contributed by atoms with E-state index in [2.05, 4.69) is 5.32 Å². The lowest BCUT2D eigenvalue weighted by Gasteiger charge is -2.28. The summed E-state index contributed by atoms with van der Waals surface area (Å²) in [6.45, 7) is 3.81. The van der Waals surface area contributed by atoms with Gasteiger partial charge in [0.1, 0.15) is 6.10 Å². The molecule has 2 N–H and O–H groups in total. The first-order chi connectivity index (χ1) is 10.7. The number of carbonyl (C=O) groups excluding carboxylic acids is 1. The Labute approximate surface area is 134 Å². The number of likely N-dealkylation sites (N-methyl/N-ethyl adjacent to an activating group) is 1. The molecule has 2 rings (SSSR count). The van der Waals surface area contributed by atoms with Crippen LogP contribution in [0.5, 0.6) is 0 Å². The van der Waals surface area contributed by atoms with Gasteiger partial charge in [-0.2, -0.15) is 0 Å². The summed E-state index contributed by atoms with van der Waals surface area (Å²) in [5.41, 5.74) is -0.519. The number of halogens is 2. The zero-order chi connectivity index (χ0) is 17.2. The van der Waals surface area contributed by atoms with Crippen molar-refractivity contribution in [2.24, 2.45) is 0 Å². The highest BCUT2D eigenvalue weighted by atomic mass is 19.2. The molecule has 1 aromatic carbocycles. The average Bonchev–Trinajstić information content (AvgIpc) is 2.88. The van der Waals surface area contributed by atoms with Gasteiger partial charge in [-0.3, -0.25) is 0 Å². The molecule has 0 spiro atoms. The number of hydrogen-bond acceptors (Lipinski definition) is 3. The Kier molecular flexibility index (Phi) is 5.21. The maximum absolute atomic E-state index is 13.4. The summed E-state index contributed by atoms with van der Waals surface area (Å²) in [4.78, 5) is 13.6. The third-order valence-electron chi connectivity index (χ3n) is 3.64. The SMILES string of the molecule is CN(CC(C)(C)O)C(=O)N[C@@H]1CCO[C@H]1c1ccc(F)c(F)c1. The van der Waals surface area contributed by atoms with E-state index < -0.39 is 23.3 Å². The molecule has 23 heavy (non-hydrogen) atoms. The van der Waals surface area contributed by atoms with Crippen molar-refractivity contribution in [3.63, 3.8) is 0 Å². The second kappa shape index (κ2) is 6.80.